The second-order valence-corrected chi connectivity index (χ2v) is 10.6. The maximum absolute atomic E-state index is 15.5. The molecule has 5 rings (SSSR count). The molecule has 3 aromatic rings. The minimum Gasteiger partial charge on any atom is -0.347 e. The number of benzene rings is 2. The van der Waals surface area contributed by atoms with Crippen LogP contribution in [-0.4, -0.2) is 30.8 Å². The van der Waals surface area contributed by atoms with Gasteiger partial charge in [-0.1, -0.05) is 43.3 Å². The van der Waals surface area contributed by atoms with Crippen molar-refractivity contribution < 1.29 is 34.8 Å². The van der Waals surface area contributed by atoms with Gasteiger partial charge in [-0.3, -0.25) is 0 Å². The number of hydrogen-bond donors (Lipinski definition) is 0. The van der Waals surface area contributed by atoms with Crippen LogP contribution in [-0.2, 0) is 16.9 Å². The molecule has 2 aromatic carbocycles. The Morgan fingerprint density at radius 3 is 2.09 bits per heavy atom. The van der Waals surface area contributed by atoms with Crippen LogP contribution in [0.2, 0.25) is 0 Å². The Hall–Kier alpha value is -3.01. The Balaban J connectivity index is 2.04. The van der Waals surface area contributed by atoms with Crippen molar-refractivity contribution in [3.05, 3.63) is 75.8 Å². The van der Waals surface area contributed by atoms with Crippen molar-refractivity contribution >= 4 is 31.9 Å². The van der Waals surface area contributed by atoms with E-state index >= 15 is 17.6 Å². The lowest BCUT2D eigenvalue weighted by atomic mass is 9.89. The Labute approximate surface area is 197 Å². The van der Waals surface area contributed by atoms with Gasteiger partial charge in [0.05, 0.1) is 9.80 Å². The van der Waals surface area contributed by atoms with Gasteiger partial charge in [0.1, 0.15) is 0 Å². The average Bonchev–Trinajstić information content (AvgIpc) is 3.22. The lowest BCUT2D eigenvalue weighted by molar-refractivity contribution is -0.258. The van der Waals surface area contributed by atoms with Crippen LogP contribution in [0.25, 0.3) is 22.0 Å². The highest BCUT2D eigenvalue weighted by molar-refractivity contribution is 7.96. The summed E-state index contributed by atoms with van der Waals surface area (Å²) in [6.07, 6.45) is -0.342. The SMILES string of the molecule is CCC1=C(C2=C(c3c(C)n(C)c4ccccc34)C(F)(F)C(F)(F)C2(F)F)c2ccccc2S1(=O)=O. The normalized spacial score (nSPS) is 21.7. The average molecular weight is 511 g/mol. The largest absolute Gasteiger partial charge is 0.380 e. The van der Waals surface area contributed by atoms with Gasteiger partial charge < -0.3 is 4.57 Å². The molecule has 184 valence electrons. The predicted octanol–water partition coefficient (Wildman–Crippen LogP) is 6.77. The molecule has 1 aliphatic carbocycles. The molecule has 0 N–H and O–H groups in total. The molecule has 0 bridgehead atoms. The fourth-order valence-electron chi connectivity index (χ4n) is 5.19. The van der Waals surface area contributed by atoms with Crippen LogP contribution in [0.1, 0.15) is 30.2 Å². The van der Waals surface area contributed by atoms with E-state index in [1.807, 2.05) is 0 Å². The molecule has 0 saturated heterocycles. The molecule has 0 unspecified atom stereocenters. The third-order valence-electron chi connectivity index (χ3n) is 6.94. The van der Waals surface area contributed by atoms with E-state index in [4.69, 9.17) is 0 Å². The van der Waals surface area contributed by atoms with Crippen LogP contribution in [0.5, 0.6) is 0 Å². The van der Waals surface area contributed by atoms with Crippen LogP contribution in [0.15, 0.2) is 63.9 Å². The zero-order chi connectivity index (χ0) is 25.7. The smallest absolute Gasteiger partial charge is 0.347 e. The minimum atomic E-state index is -5.79. The number of aryl methyl sites for hydroxylation is 1. The second-order valence-electron chi connectivity index (χ2n) is 8.66. The Kier molecular flexibility index (Phi) is 4.76. The van der Waals surface area contributed by atoms with Gasteiger partial charge in [0.2, 0.25) is 9.84 Å². The summed E-state index contributed by atoms with van der Waals surface area (Å²) in [7, 11) is -2.83. The molecule has 0 atom stereocenters. The van der Waals surface area contributed by atoms with Crippen LogP contribution in [0.4, 0.5) is 26.3 Å². The topological polar surface area (TPSA) is 39.1 Å². The maximum atomic E-state index is 15.5. The van der Waals surface area contributed by atoms with Crippen molar-refractivity contribution in [1.29, 1.82) is 0 Å². The Morgan fingerprint density at radius 2 is 1.43 bits per heavy atom. The molecule has 0 saturated carbocycles. The standard InChI is InChI=1S/C25H19F6NO2S/c1-4-17-20(15-10-6-8-12-18(15)35(17,33)34)22-21(23(26,27)25(30,31)24(22,28)29)19-13(2)32(3)16-11-7-5-9-14(16)19/h5-12H,4H2,1-3H3. The van der Waals surface area contributed by atoms with E-state index in [-0.39, 0.29) is 28.0 Å². The first-order valence-electron chi connectivity index (χ1n) is 10.7. The lowest BCUT2D eigenvalue weighted by Gasteiger charge is -2.26. The fraction of sp³-hybridized carbons (Fsp3) is 0.280. The number of rotatable bonds is 3. The molecule has 2 aliphatic rings. The van der Waals surface area contributed by atoms with E-state index in [1.54, 1.807) is 12.1 Å². The zero-order valence-corrected chi connectivity index (χ0v) is 19.6. The van der Waals surface area contributed by atoms with Crippen LogP contribution in [0.3, 0.4) is 0 Å². The summed E-state index contributed by atoms with van der Waals surface area (Å²) >= 11 is 0. The molecule has 1 aliphatic heterocycles. The number of halogens is 6. The van der Waals surface area contributed by atoms with E-state index in [2.05, 4.69) is 0 Å². The van der Waals surface area contributed by atoms with E-state index < -0.39 is 54.8 Å². The van der Waals surface area contributed by atoms with E-state index in [1.165, 1.54) is 55.8 Å². The second kappa shape index (κ2) is 7.02. The Bertz CT molecular complexity index is 1600. The summed E-state index contributed by atoms with van der Waals surface area (Å²) in [6.45, 7) is 2.73. The fourth-order valence-corrected chi connectivity index (χ4v) is 7.03. The van der Waals surface area contributed by atoms with Crippen LogP contribution in [0, 0.1) is 6.92 Å². The lowest BCUT2D eigenvalue weighted by Crippen LogP contribution is -2.49. The summed E-state index contributed by atoms with van der Waals surface area (Å²) in [5.74, 6) is -16.4. The number of alkyl halides is 6. The predicted molar refractivity (Wildman–Crippen MR) is 120 cm³/mol. The van der Waals surface area contributed by atoms with Crippen molar-refractivity contribution in [3.8, 4) is 0 Å². The van der Waals surface area contributed by atoms with Gasteiger partial charge in [0.15, 0.2) is 0 Å². The van der Waals surface area contributed by atoms with Gasteiger partial charge in [0, 0.05) is 51.5 Å². The van der Waals surface area contributed by atoms with Gasteiger partial charge in [-0.2, -0.15) is 26.3 Å². The first-order chi connectivity index (χ1) is 16.2. The van der Waals surface area contributed by atoms with Gasteiger partial charge >= 0.3 is 17.8 Å². The van der Waals surface area contributed by atoms with E-state index in [0.717, 1.165) is 6.07 Å². The summed E-state index contributed by atoms with van der Waals surface area (Å²) in [5.41, 5.74) is -4.25. The van der Waals surface area contributed by atoms with Crippen molar-refractivity contribution in [2.75, 3.05) is 0 Å². The summed E-state index contributed by atoms with van der Waals surface area (Å²) in [5, 5.41) is 0.0842. The molecular formula is C25H19F6NO2S. The van der Waals surface area contributed by atoms with Gasteiger partial charge in [-0.05, 0) is 25.5 Å². The monoisotopic (exact) mass is 511 g/mol. The first kappa shape index (κ1) is 23.7. The van der Waals surface area contributed by atoms with Crippen molar-refractivity contribution in [3.63, 3.8) is 0 Å². The molecule has 0 radical (unpaired) electrons. The van der Waals surface area contributed by atoms with Gasteiger partial charge in [-0.25, -0.2) is 8.42 Å². The van der Waals surface area contributed by atoms with E-state index in [0.29, 0.717) is 5.52 Å². The van der Waals surface area contributed by atoms with Crippen LogP contribution < -0.4 is 0 Å². The molecule has 10 heteroatoms. The third kappa shape index (κ3) is 2.66. The van der Waals surface area contributed by atoms with Crippen molar-refractivity contribution in [2.45, 2.75) is 42.9 Å². The highest BCUT2D eigenvalue weighted by atomic mass is 32.2. The maximum Gasteiger partial charge on any atom is 0.380 e. The molecule has 35 heavy (non-hydrogen) atoms. The Morgan fingerprint density at radius 1 is 0.857 bits per heavy atom. The zero-order valence-electron chi connectivity index (χ0n) is 18.8. The number of nitrogens with zero attached hydrogens (tertiary/aromatic N) is 1. The molecule has 0 spiro atoms. The van der Waals surface area contributed by atoms with Gasteiger partial charge in [-0.15, -0.1) is 0 Å². The minimum absolute atomic E-state index is 0.0691. The summed E-state index contributed by atoms with van der Waals surface area (Å²) in [6, 6.07) is 11.1. The molecule has 0 fully saturated rings. The molecular weight excluding hydrogens is 492 g/mol. The molecule has 0 amide bonds. The number of allylic oxidation sites excluding steroid dienone is 4. The van der Waals surface area contributed by atoms with Crippen molar-refractivity contribution in [1.82, 2.24) is 4.57 Å². The molecule has 2 heterocycles. The first-order valence-corrected chi connectivity index (χ1v) is 12.2. The number of hydrogen-bond acceptors (Lipinski definition) is 2. The molecule has 3 nitrogen and oxygen atoms in total. The summed E-state index contributed by atoms with van der Waals surface area (Å²) in [4.78, 5) is -0.958. The number of fused-ring (bicyclic) bond motifs is 2. The van der Waals surface area contributed by atoms with Crippen molar-refractivity contribution in [2.24, 2.45) is 7.05 Å². The summed E-state index contributed by atoms with van der Waals surface area (Å²) < 4.78 is 120. The number of aromatic nitrogens is 1. The van der Waals surface area contributed by atoms with Gasteiger partial charge in [0.25, 0.3) is 0 Å². The van der Waals surface area contributed by atoms with Crippen LogP contribution >= 0.6 is 0 Å². The quantitative estimate of drug-likeness (QED) is 0.364. The number of para-hydroxylation sites is 1. The third-order valence-corrected chi connectivity index (χ3v) is 9.01. The number of sulfone groups is 1. The molecule has 1 aromatic heterocycles. The highest BCUT2D eigenvalue weighted by Gasteiger charge is 2.81. The highest BCUT2D eigenvalue weighted by Crippen LogP contribution is 2.67. The van der Waals surface area contributed by atoms with E-state index in [9.17, 15) is 17.2 Å².